The summed E-state index contributed by atoms with van der Waals surface area (Å²) >= 11 is 0. The zero-order valence-electron chi connectivity index (χ0n) is 12.0. The summed E-state index contributed by atoms with van der Waals surface area (Å²) < 4.78 is 36.8. The number of nitrogens with one attached hydrogen (secondary N) is 1. The third-order valence-electron chi connectivity index (χ3n) is 3.16. The topological polar surface area (TPSA) is 63.2 Å². The molecule has 116 valence electrons. The molecule has 0 heterocycles. The third kappa shape index (κ3) is 4.14. The molecule has 0 atom stereocenters. The molecule has 0 aliphatic heterocycles. The first kappa shape index (κ1) is 16.2. The number of benzene rings is 2. The van der Waals surface area contributed by atoms with Gasteiger partial charge in [0.15, 0.2) is 9.84 Å². The Labute approximate surface area is 128 Å². The van der Waals surface area contributed by atoms with E-state index in [0.29, 0.717) is 11.1 Å². The van der Waals surface area contributed by atoms with Gasteiger partial charge in [0.25, 0.3) is 0 Å². The van der Waals surface area contributed by atoms with Crippen LogP contribution in [0, 0.1) is 5.82 Å². The van der Waals surface area contributed by atoms with Gasteiger partial charge in [-0.25, -0.2) is 12.8 Å². The van der Waals surface area contributed by atoms with Crippen molar-refractivity contribution in [1.82, 2.24) is 5.32 Å². The highest BCUT2D eigenvalue weighted by Gasteiger charge is 2.15. The van der Waals surface area contributed by atoms with Crippen molar-refractivity contribution in [2.24, 2.45) is 0 Å². The highest BCUT2D eigenvalue weighted by molar-refractivity contribution is 7.90. The van der Waals surface area contributed by atoms with Gasteiger partial charge in [0.2, 0.25) is 5.91 Å². The second kappa shape index (κ2) is 6.70. The summed E-state index contributed by atoms with van der Waals surface area (Å²) in [5.41, 5.74) is 0.809. The fraction of sp³-hybridized carbons (Fsp3) is 0.188. The average Bonchev–Trinajstić information content (AvgIpc) is 2.46. The van der Waals surface area contributed by atoms with Gasteiger partial charge in [-0.3, -0.25) is 4.79 Å². The van der Waals surface area contributed by atoms with E-state index in [1.165, 1.54) is 12.1 Å². The van der Waals surface area contributed by atoms with Crippen molar-refractivity contribution in [1.29, 1.82) is 0 Å². The summed E-state index contributed by atoms with van der Waals surface area (Å²) in [6, 6.07) is 12.5. The van der Waals surface area contributed by atoms with Crippen LogP contribution >= 0.6 is 0 Å². The van der Waals surface area contributed by atoms with E-state index in [1.807, 2.05) is 0 Å². The predicted molar refractivity (Wildman–Crippen MR) is 81.5 cm³/mol. The first-order valence-electron chi connectivity index (χ1n) is 6.66. The monoisotopic (exact) mass is 321 g/mol. The minimum absolute atomic E-state index is 0.0621. The number of halogens is 1. The van der Waals surface area contributed by atoms with Crippen LogP contribution in [0.5, 0.6) is 0 Å². The number of rotatable bonds is 5. The summed E-state index contributed by atoms with van der Waals surface area (Å²) in [4.78, 5) is 12.1. The molecular weight excluding hydrogens is 305 g/mol. The van der Waals surface area contributed by atoms with E-state index in [9.17, 15) is 17.6 Å². The number of amides is 1. The van der Waals surface area contributed by atoms with Crippen LogP contribution in [0.1, 0.15) is 11.1 Å². The Kier molecular flexibility index (Phi) is 4.92. The van der Waals surface area contributed by atoms with Crippen LogP contribution in [-0.4, -0.2) is 20.6 Å². The molecule has 0 saturated heterocycles. The summed E-state index contributed by atoms with van der Waals surface area (Å²) in [5.74, 6) is -0.751. The van der Waals surface area contributed by atoms with Gasteiger partial charge in [-0.2, -0.15) is 0 Å². The van der Waals surface area contributed by atoms with Gasteiger partial charge in [0.1, 0.15) is 5.82 Å². The van der Waals surface area contributed by atoms with Crippen molar-refractivity contribution in [2.75, 3.05) is 6.26 Å². The van der Waals surface area contributed by atoms with Crippen LogP contribution in [0.4, 0.5) is 4.39 Å². The Balaban J connectivity index is 2.06. The molecule has 0 fully saturated rings. The molecule has 0 aliphatic carbocycles. The predicted octanol–water partition coefficient (Wildman–Crippen LogP) is 2.09. The van der Waals surface area contributed by atoms with Crippen molar-refractivity contribution < 1.29 is 17.6 Å². The fourth-order valence-corrected chi connectivity index (χ4v) is 3.02. The zero-order valence-corrected chi connectivity index (χ0v) is 12.9. The van der Waals surface area contributed by atoms with Crippen LogP contribution in [0.15, 0.2) is 53.4 Å². The second-order valence-electron chi connectivity index (χ2n) is 4.92. The first-order chi connectivity index (χ1) is 10.4. The molecule has 22 heavy (non-hydrogen) atoms. The van der Waals surface area contributed by atoms with Crippen LogP contribution in [0.2, 0.25) is 0 Å². The Hall–Kier alpha value is -2.21. The molecule has 2 aromatic rings. The lowest BCUT2D eigenvalue weighted by molar-refractivity contribution is -0.120. The van der Waals surface area contributed by atoms with Gasteiger partial charge >= 0.3 is 0 Å². The third-order valence-corrected chi connectivity index (χ3v) is 4.35. The van der Waals surface area contributed by atoms with Gasteiger partial charge in [-0.1, -0.05) is 36.4 Å². The van der Waals surface area contributed by atoms with Crippen molar-refractivity contribution in [3.63, 3.8) is 0 Å². The lowest BCUT2D eigenvalue weighted by Gasteiger charge is -2.09. The van der Waals surface area contributed by atoms with Gasteiger partial charge in [0.05, 0.1) is 11.3 Å². The van der Waals surface area contributed by atoms with Crippen LogP contribution in [-0.2, 0) is 27.6 Å². The van der Waals surface area contributed by atoms with E-state index < -0.39 is 9.84 Å². The minimum atomic E-state index is -3.39. The van der Waals surface area contributed by atoms with E-state index in [2.05, 4.69) is 5.32 Å². The Morgan fingerprint density at radius 1 is 1.05 bits per heavy atom. The Morgan fingerprint density at radius 2 is 1.64 bits per heavy atom. The smallest absolute Gasteiger partial charge is 0.224 e. The van der Waals surface area contributed by atoms with E-state index in [1.54, 1.807) is 36.4 Å². The van der Waals surface area contributed by atoms with Gasteiger partial charge in [-0.05, 0) is 17.7 Å². The molecule has 0 aromatic heterocycles. The van der Waals surface area contributed by atoms with Crippen LogP contribution in [0.3, 0.4) is 0 Å². The summed E-state index contributed by atoms with van der Waals surface area (Å²) in [5, 5.41) is 2.59. The fourth-order valence-electron chi connectivity index (χ4n) is 2.08. The molecule has 0 spiro atoms. The SMILES string of the molecule is CS(=O)(=O)c1ccccc1CC(=O)NCc1ccccc1F. The van der Waals surface area contributed by atoms with E-state index >= 15 is 0 Å². The molecule has 2 aromatic carbocycles. The highest BCUT2D eigenvalue weighted by atomic mass is 32.2. The number of sulfone groups is 1. The van der Waals surface area contributed by atoms with E-state index in [4.69, 9.17) is 0 Å². The largest absolute Gasteiger partial charge is 0.352 e. The lowest BCUT2D eigenvalue weighted by Crippen LogP contribution is -2.25. The highest BCUT2D eigenvalue weighted by Crippen LogP contribution is 2.16. The average molecular weight is 321 g/mol. The normalized spacial score (nSPS) is 11.2. The van der Waals surface area contributed by atoms with Crippen molar-refractivity contribution in [3.05, 3.63) is 65.5 Å². The van der Waals surface area contributed by atoms with E-state index in [-0.39, 0.29) is 29.6 Å². The zero-order chi connectivity index (χ0) is 16.2. The first-order valence-corrected chi connectivity index (χ1v) is 8.55. The van der Waals surface area contributed by atoms with E-state index in [0.717, 1.165) is 6.26 Å². The molecule has 0 radical (unpaired) electrons. The molecule has 0 unspecified atom stereocenters. The number of carbonyl (C=O) groups excluding carboxylic acids is 1. The maximum Gasteiger partial charge on any atom is 0.224 e. The van der Waals surface area contributed by atoms with Crippen molar-refractivity contribution >= 4 is 15.7 Å². The van der Waals surface area contributed by atoms with Crippen molar-refractivity contribution in [2.45, 2.75) is 17.9 Å². The molecule has 0 saturated carbocycles. The van der Waals surface area contributed by atoms with Crippen LogP contribution < -0.4 is 5.32 Å². The quantitative estimate of drug-likeness (QED) is 0.917. The molecule has 6 heteroatoms. The number of carbonyl (C=O) groups is 1. The lowest BCUT2D eigenvalue weighted by atomic mass is 10.1. The molecule has 0 bridgehead atoms. The number of hydrogen-bond donors (Lipinski definition) is 1. The minimum Gasteiger partial charge on any atom is -0.352 e. The standard InChI is InChI=1S/C16H16FNO3S/c1-22(20,21)15-9-5-3-6-12(15)10-16(19)18-11-13-7-2-4-8-14(13)17/h2-9H,10-11H2,1H3,(H,18,19). The molecular formula is C16H16FNO3S. The molecule has 2 rings (SSSR count). The van der Waals surface area contributed by atoms with Gasteiger partial charge in [-0.15, -0.1) is 0 Å². The summed E-state index contributed by atoms with van der Waals surface area (Å²) in [6.07, 6.45) is 1.03. The number of hydrogen-bond acceptors (Lipinski definition) is 3. The molecule has 4 nitrogen and oxygen atoms in total. The second-order valence-corrected chi connectivity index (χ2v) is 6.91. The van der Waals surface area contributed by atoms with Crippen molar-refractivity contribution in [3.8, 4) is 0 Å². The molecule has 1 N–H and O–H groups in total. The summed E-state index contributed by atoms with van der Waals surface area (Å²) in [6.45, 7) is 0.0621. The molecule has 0 aliphatic rings. The van der Waals surface area contributed by atoms with Gasteiger partial charge in [0, 0.05) is 18.4 Å². The molecule has 1 amide bonds. The van der Waals surface area contributed by atoms with Gasteiger partial charge < -0.3 is 5.32 Å². The summed E-state index contributed by atoms with van der Waals surface area (Å²) in [7, 11) is -3.39. The maximum atomic E-state index is 13.5. The Bertz CT molecular complexity index is 787. The maximum absolute atomic E-state index is 13.5. The Morgan fingerprint density at radius 3 is 2.27 bits per heavy atom. The van der Waals surface area contributed by atoms with Crippen LogP contribution in [0.25, 0.3) is 0 Å².